The molecule has 1 rings (SSSR count). The fourth-order valence-corrected chi connectivity index (χ4v) is 1.91. The van der Waals surface area contributed by atoms with Crippen molar-refractivity contribution in [2.24, 2.45) is 5.92 Å². The van der Waals surface area contributed by atoms with Gasteiger partial charge in [0.1, 0.15) is 0 Å². The van der Waals surface area contributed by atoms with Crippen LogP contribution in [0.3, 0.4) is 0 Å². The molecule has 0 aliphatic heterocycles. The molecule has 0 amide bonds. The van der Waals surface area contributed by atoms with Gasteiger partial charge in [-0.05, 0) is 11.6 Å². The molecule has 0 fully saturated rings. The van der Waals surface area contributed by atoms with E-state index in [2.05, 4.69) is 21.2 Å². The summed E-state index contributed by atoms with van der Waals surface area (Å²) in [7, 11) is 0. The largest absolute Gasteiger partial charge is 0.481 e. The lowest BCUT2D eigenvalue weighted by atomic mass is 10.1. The van der Waals surface area contributed by atoms with E-state index in [0.717, 1.165) is 10.0 Å². The van der Waals surface area contributed by atoms with E-state index in [1.165, 1.54) is 0 Å². The monoisotopic (exact) mass is 315 g/mol. The average molecular weight is 316 g/mol. The number of halogens is 1. The number of aliphatic carboxylic acids is 2. The number of carboxylic acid groups (broad SMARTS) is 2. The lowest BCUT2D eigenvalue weighted by Crippen LogP contribution is -2.30. The van der Waals surface area contributed by atoms with Crippen LogP contribution in [0.4, 0.5) is 0 Å². The number of carboxylic acids is 2. The van der Waals surface area contributed by atoms with E-state index < -0.39 is 17.9 Å². The molecule has 0 bridgehead atoms. The summed E-state index contributed by atoms with van der Waals surface area (Å²) < 4.78 is 0.933. The molecule has 0 aliphatic rings. The fraction of sp³-hybridized carbons (Fsp3) is 0.333. The van der Waals surface area contributed by atoms with Gasteiger partial charge in [0.25, 0.3) is 0 Å². The minimum atomic E-state index is -1.11. The summed E-state index contributed by atoms with van der Waals surface area (Å²) >= 11 is 3.38. The zero-order chi connectivity index (χ0) is 13.5. The summed E-state index contributed by atoms with van der Waals surface area (Å²) in [6.45, 7) is 0.619. The highest BCUT2D eigenvalue weighted by Crippen LogP contribution is 2.15. The number of nitrogens with one attached hydrogen (secondary N) is 1. The standard InChI is InChI=1S/C12H14BrNO4/c13-10-4-2-1-3-8(10)6-14-7-9(12(17)18)5-11(15)16/h1-4,9,14H,5-7H2,(H,15,16)(H,17,18). The minimum Gasteiger partial charge on any atom is -0.481 e. The summed E-state index contributed by atoms with van der Waals surface area (Å²) in [4.78, 5) is 21.3. The van der Waals surface area contributed by atoms with Gasteiger partial charge in [0.05, 0.1) is 12.3 Å². The highest BCUT2D eigenvalue weighted by Gasteiger charge is 2.20. The van der Waals surface area contributed by atoms with Crippen LogP contribution in [-0.4, -0.2) is 28.7 Å². The van der Waals surface area contributed by atoms with E-state index >= 15 is 0 Å². The summed E-state index contributed by atoms with van der Waals surface area (Å²) in [5.41, 5.74) is 0.997. The molecule has 1 aromatic rings. The van der Waals surface area contributed by atoms with Crippen molar-refractivity contribution >= 4 is 27.9 Å². The van der Waals surface area contributed by atoms with E-state index in [4.69, 9.17) is 10.2 Å². The van der Waals surface area contributed by atoms with Crippen molar-refractivity contribution in [2.45, 2.75) is 13.0 Å². The average Bonchev–Trinajstić information content (AvgIpc) is 2.29. The Kier molecular flexibility index (Phi) is 5.80. The molecule has 0 saturated carbocycles. The smallest absolute Gasteiger partial charge is 0.308 e. The Morgan fingerprint density at radius 3 is 2.50 bits per heavy atom. The Balaban J connectivity index is 2.46. The molecule has 3 N–H and O–H groups in total. The van der Waals surface area contributed by atoms with Gasteiger partial charge in [-0.15, -0.1) is 0 Å². The lowest BCUT2D eigenvalue weighted by molar-refractivity contribution is -0.148. The number of hydrogen-bond acceptors (Lipinski definition) is 3. The summed E-state index contributed by atoms with van der Waals surface area (Å²) in [6.07, 6.45) is -0.377. The molecule has 0 radical (unpaired) electrons. The van der Waals surface area contributed by atoms with E-state index in [0.29, 0.717) is 6.54 Å². The Hall–Kier alpha value is -1.40. The predicted octanol–water partition coefficient (Wildman–Crippen LogP) is 1.71. The van der Waals surface area contributed by atoms with Crippen LogP contribution in [0, 0.1) is 5.92 Å². The SMILES string of the molecule is O=C(O)CC(CNCc1ccccc1Br)C(=O)O. The van der Waals surface area contributed by atoms with Gasteiger partial charge >= 0.3 is 11.9 Å². The third-order valence-electron chi connectivity index (χ3n) is 2.43. The predicted molar refractivity (Wildman–Crippen MR) is 69.2 cm³/mol. The van der Waals surface area contributed by atoms with E-state index in [-0.39, 0.29) is 13.0 Å². The molecule has 18 heavy (non-hydrogen) atoms. The molecule has 0 aromatic heterocycles. The molecule has 98 valence electrons. The van der Waals surface area contributed by atoms with Crippen molar-refractivity contribution in [1.82, 2.24) is 5.32 Å². The van der Waals surface area contributed by atoms with Crippen molar-refractivity contribution in [3.8, 4) is 0 Å². The molecular weight excluding hydrogens is 302 g/mol. The maximum absolute atomic E-state index is 10.8. The van der Waals surface area contributed by atoms with Crippen LogP contribution in [0.1, 0.15) is 12.0 Å². The van der Waals surface area contributed by atoms with Gasteiger partial charge < -0.3 is 15.5 Å². The highest BCUT2D eigenvalue weighted by molar-refractivity contribution is 9.10. The van der Waals surface area contributed by atoms with Crippen LogP contribution in [0.2, 0.25) is 0 Å². The molecular formula is C12H14BrNO4. The summed E-state index contributed by atoms with van der Waals surface area (Å²) in [5, 5.41) is 20.4. The summed E-state index contributed by atoms with van der Waals surface area (Å²) in [6, 6.07) is 7.57. The lowest BCUT2D eigenvalue weighted by Gasteiger charge is -2.11. The van der Waals surface area contributed by atoms with Gasteiger partial charge in [0, 0.05) is 17.6 Å². The van der Waals surface area contributed by atoms with Gasteiger partial charge in [-0.2, -0.15) is 0 Å². The van der Waals surface area contributed by atoms with Gasteiger partial charge in [0.2, 0.25) is 0 Å². The van der Waals surface area contributed by atoms with E-state index in [1.54, 1.807) is 0 Å². The maximum Gasteiger partial charge on any atom is 0.308 e. The zero-order valence-corrected chi connectivity index (χ0v) is 11.2. The molecule has 5 nitrogen and oxygen atoms in total. The second-order valence-electron chi connectivity index (χ2n) is 3.86. The van der Waals surface area contributed by atoms with Crippen molar-refractivity contribution in [2.75, 3.05) is 6.54 Å². The van der Waals surface area contributed by atoms with Crippen LogP contribution in [0.5, 0.6) is 0 Å². The first-order valence-corrected chi connectivity index (χ1v) is 6.18. The van der Waals surface area contributed by atoms with Crippen molar-refractivity contribution in [3.63, 3.8) is 0 Å². The topological polar surface area (TPSA) is 86.6 Å². The number of rotatable bonds is 7. The van der Waals surface area contributed by atoms with Crippen molar-refractivity contribution < 1.29 is 19.8 Å². The van der Waals surface area contributed by atoms with Gasteiger partial charge in [-0.3, -0.25) is 9.59 Å². The number of benzene rings is 1. The van der Waals surface area contributed by atoms with Crippen LogP contribution in [0.25, 0.3) is 0 Å². The van der Waals surface area contributed by atoms with Gasteiger partial charge in [-0.25, -0.2) is 0 Å². The Bertz CT molecular complexity index is 436. The minimum absolute atomic E-state index is 0.128. The number of carbonyl (C=O) groups is 2. The maximum atomic E-state index is 10.8. The molecule has 0 spiro atoms. The zero-order valence-electron chi connectivity index (χ0n) is 9.60. The second kappa shape index (κ2) is 7.13. The highest BCUT2D eigenvalue weighted by atomic mass is 79.9. The number of hydrogen-bond donors (Lipinski definition) is 3. The molecule has 0 aliphatic carbocycles. The molecule has 1 unspecified atom stereocenters. The van der Waals surface area contributed by atoms with Gasteiger partial charge in [0.15, 0.2) is 0 Å². The van der Waals surface area contributed by atoms with Crippen LogP contribution in [0.15, 0.2) is 28.7 Å². The van der Waals surface area contributed by atoms with Crippen molar-refractivity contribution in [1.29, 1.82) is 0 Å². The summed E-state index contributed by atoms with van der Waals surface area (Å²) in [5.74, 6) is -3.12. The molecule has 6 heteroatoms. The first kappa shape index (κ1) is 14.7. The third kappa shape index (κ3) is 4.85. The molecule has 1 aromatic carbocycles. The molecule has 0 saturated heterocycles. The first-order valence-electron chi connectivity index (χ1n) is 5.39. The van der Waals surface area contributed by atoms with Crippen molar-refractivity contribution in [3.05, 3.63) is 34.3 Å². The fourth-order valence-electron chi connectivity index (χ4n) is 1.48. The van der Waals surface area contributed by atoms with E-state index in [1.807, 2.05) is 24.3 Å². The quantitative estimate of drug-likeness (QED) is 0.713. The Morgan fingerprint density at radius 1 is 1.28 bits per heavy atom. The third-order valence-corrected chi connectivity index (χ3v) is 3.21. The molecule has 1 atom stereocenters. The first-order chi connectivity index (χ1) is 8.50. The Labute approximate surface area is 113 Å². The second-order valence-corrected chi connectivity index (χ2v) is 4.71. The Morgan fingerprint density at radius 2 is 1.94 bits per heavy atom. The normalized spacial score (nSPS) is 12.1. The van der Waals surface area contributed by atoms with Gasteiger partial charge in [-0.1, -0.05) is 34.1 Å². The molecule has 0 heterocycles. The van der Waals surface area contributed by atoms with Crippen LogP contribution in [-0.2, 0) is 16.1 Å². The van der Waals surface area contributed by atoms with Crippen LogP contribution < -0.4 is 5.32 Å². The van der Waals surface area contributed by atoms with Crippen LogP contribution >= 0.6 is 15.9 Å². The van der Waals surface area contributed by atoms with E-state index in [9.17, 15) is 9.59 Å².